The van der Waals surface area contributed by atoms with Crippen LogP contribution >= 0.6 is 0 Å². The molecule has 0 aliphatic heterocycles. The Bertz CT molecular complexity index is 1460. The smallest absolute Gasteiger partial charge is 0.133 e. The second-order valence-corrected chi connectivity index (χ2v) is 43.2. The molecule has 0 aromatic heterocycles. The highest BCUT2D eigenvalue weighted by atomic mass is 28.3. The lowest BCUT2D eigenvalue weighted by Gasteiger charge is -2.54. The zero-order valence-electron chi connectivity index (χ0n) is 37.6. The van der Waals surface area contributed by atoms with Crippen molar-refractivity contribution >= 4 is 68.7 Å². The van der Waals surface area contributed by atoms with Gasteiger partial charge in [-0.25, -0.2) is 0 Å². The van der Waals surface area contributed by atoms with Crippen LogP contribution in [0.25, 0.3) is 18.2 Å². The molecule has 0 nitrogen and oxygen atoms in total. The first kappa shape index (κ1) is 46.1. The average Bonchev–Trinajstić information content (AvgIpc) is 2.97. The number of rotatable bonds is 9. The summed E-state index contributed by atoms with van der Waals surface area (Å²) >= 11 is -5.28. The topological polar surface area (TPSA) is 0 Å². The van der Waals surface area contributed by atoms with Crippen LogP contribution in [0.5, 0.6) is 0 Å². The van der Waals surface area contributed by atoms with E-state index in [9.17, 15) is 0 Å². The summed E-state index contributed by atoms with van der Waals surface area (Å²) in [6, 6.07) is 34.3. The predicted octanol–water partition coefficient (Wildman–Crippen LogP) is 15.8. The summed E-state index contributed by atoms with van der Waals surface area (Å²) in [6.07, 6.45) is 8.35. The van der Waals surface area contributed by atoms with Gasteiger partial charge < -0.3 is 0 Å². The van der Waals surface area contributed by atoms with Crippen molar-refractivity contribution in [3.8, 4) is 0 Å². The van der Waals surface area contributed by atoms with Gasteiger partial charge in [0.05, 0.1) is 8.07 Å². The van der Waals surface area contributed by atoms with E-state index in [1.807, 2.05) is 12.2 Å². The third-order valence-electron chi connectivity index (χ3n) is 11.2. The van der Waals surface area contributed by atoms with E-state index >= 15 is 0 Å². The lowest BCUT2D eigenvalue weighted by atomic mass is 10.2. The third kappa shape index (κ3) is 11.9. The van der Waals surface area contributed by atoms with Gasteiger partial charge in [0.15, 0.2) is 0 Å². The molecule has 0 saturated carbocycles. The normalized spacial score (nSPS) is 14.7. The van der Waals surface area contributed by atoms with Crippen molar-refractivity contribution in [2.75, 3.05) is 0 Å². The largest absolute Gasteiger partial charge is 0.306 e. The van der Waals surface area contributed by atoms with Crippen molar-refractivity contribution in [1.82, 2.24) is 0 Å². The summed E-state index contributed by atoms with van der Waals surface area (Å²) in [5.41, 5.74) is 4.08. The fraction of sp³-hybridized carbons (Fsp3) is 0.510. The van der Waals surface area contributed by atoms with Crippen LogP contribution in [0.15, 0.2) is 103 Å². The van der Waals surface area contributed by atoms with Crippen LogP contribution in [0.3, 0.4) is 0 Å². The van der Waals surface area contributed by atoms with Gasteiger partial charge in [-0.2, -0.15) is 0 Å². The Labute approximate surface area is 342 Å². The van der Waals surface area contributed by atoms with Gasteiger partial charge in [0.1, 0.15) is 0 Å². The highest BCUT2D eigenvalue weighted by Crippen LogP contribution is 2.58. The summed E-state index contributed by atoms with van der Waals surface area (Å²) in [4.78, 5) is 0. The Hall–Kier alpha value is -1.31. The Morgan fingerprint density at radius 1 is 0.340 bits per heavy atom. The lowest BCUT2D eigenvalue weighted by molar-refractivity contribution is 0.648. The van der Waals surface area contributed by atoms with Gasteiger partial charge in [0.25, 0.3) is 0 Å². The van der Waals surface area contributed by atoms with Crippen molar-refractivity contribution in [1.29, 1.82) is 0 Å². The van der Waals surface area contributed by atoms with E-state index in [0.29, 0.717) is 0 Å². The first-order valence-electron chi connectivity index (χ1n) is 20.3. The minimum atomic E-state index is -2.77. The van der Waals surface area contributed by atoms with Gasteiger partial charge in [-0.15, -0.1) is 12.2 Å². The van der Waals surface area contributed by atoms with Crippen molar-refractivity contribution in [2.45, 2.75) is 157 Å². The Balaban J connectivity index is 2.94. The summed E-state index contributed by atoms with van der Waals surface area (Å²) in [7, 11) is -2.77. The molecular formula is C49H75Al3Si. The van der Waals surface area contributed by atoms with Crippen LogP contribution in [0, 0.1) is 0 Å². The van der Waals surface area contributed by atoms with Gasteiger partial charge in [0.2, 0.25) is 0 Å². The number of hydrogen-bond donors (Lipinski definition) is 0. The molecule has 0 saturated heterocycles. The molecule has 0 amide bonds. The minimum absolute atomic E-state index is 0.171. The molecule has 0 bridgehead atoms. The predicted molar refractivity (Wildman–Crippen MR) is 250 cm³/mol. The van der Waals surface area contributed by atoms with Crippen molar-refractivity contribution in [3.05, 3.63) is 120 Å². The van der Waals surface area contributed by atoms with Crippen molar-refractivity contribution in [2.24, 2.45) is 0 Å². The van der Waals surface area contributed by atoms with Crippen LogP contribution in [-0.4, -0.2) is 50.5 Å². The standard InChI is InChI=1S/C25H21Si.6C4H9.3Al/c1-26(20-17-23-11-5-2-6-12-23,21-18-24-13-7-3-8-14-24)22-19-25-15-9-4-10-16-25;6*1-4(2)3;;;/h2-19H,1H3;6*1-3H3;;;. The molecule has 0 aliphatic rings. The summed E-state index contributed by atoms with van der Waals surface area (Å²) in [5, 5.41) is 0. The Morgan fingerprint density at radius 2 is 0.509 bits per heavy atom. The fourth-order valence-electron chi connectivity index (χ4n) is 10.9. The van der Waals surface area contributed by atoms with Crippen molar-refractivity contribution in [3.63, 3.8) is 0 Å². The van der Waals surface area contributed by atoms with Crippen LogP contribution in [-0.2, 0) is 0 Å². The van der Waals surface area contributed by atoms with E-state index in [-0.39, 0.29) is 25.7 Å². The molecule has 3 aromatic carbocycles. The average molecular weight is 773 g/mol. The molecule has 0 N–H and O–H groups in total. The summed E-state index contributed by atoms with van der Waals surface area (Å²) in [5.74, 6) is 0. The van der Waals surface area contributed by atoms with E-state index in [0.717, 1.165) is 0 Å². The van der Waals surface area contributed by atoms with E-state index in [1.165, 1.54) is 16.7 Å². The zero-order chi connectivity index (χ0) is 40.4. The highest BCUT2D eigenvalue weighted by molar-refractivity contribution is 7.22. The molecule has 0 radical (unpaired) electrons. The fourth-order valence-corrected chi connectivity index (χ4v) is 47.0. The zero-order valence-corrected chi connectivity index (χ0v) is 42.1. The molecule has 0 unspecified atom stereocenters. The summed E-state index contributed by atoms with van der Waals surface area (Å²) in [6.45, 7) is 49.3. The minimum Gasteiger partial charge on any atom is -0.133 e. The molecule has 284 valence electrons. The second-order valence-electron chi connectivity index (χ2n) is 22.7. The first-order valence-corrected chi connectivity index (χ1v) is 28.0. The van der Waals surface area contributed by atoms with E-state index in [2.05, 4.69) is 240 Å². The van der Waals surface area contributed by atoms with Gasteiger partial charge in [-0.3, -0.25) is 0 Å². The molecule has 0 aliphatic carbocycles. The van der Waals surface area contributed by atoms with Gasteiger partial charge >= 0.3 is 42.4 Å². The molecule has 53 heavy (non-hydrogen) atoms. The Morgan fingerprint density at radius 3 is 0.660 bits per heavy atom. The maximum Gasteiger partial charge on any atom is 0.306 e. The maximum atomic E-state index is 2.89. The van der Waals surface area contributed by atoms with Crippen LogP contribution in [0.4, 0.5) is 0 Å². The quantitative estimate of drug-likeness (QED) is 0.190. The van der Waals surface area contributed by atoms with Crippen LogP contribution in [0.2, 0.25) is 32.2 Å². The first-order chi connectivity index (χ1) is 24.0. The maximum absolute atomic E-state index is 2.89. The SMILES string of the molecule is C[C](C)(C)[Al](/[C](=C\c1ccccc1)[Si](C)(/[C](=C/c1ccccc1)[Al]([C](C)(C)C)[C](C)(C)C)/[C](=C/c1ccccc1)[Al]([C](C)(C)C)[C](C)(C)C)[C](C)(C)C. The molecule has 0 heterocycles. The molecular weight excluding hydrogens is 698 g/mol. The monoisotopic (exact) mass is 773 g/mol. The lowest BCUT2D eigenvalue weighted by Crippen LogP contribution is -2.60. The van der Waals surface area contributed by atoms with Gasteiger partial charge in [-0.1, -0.05) is 266 Å². The third-order valence-corrected chi connectivity index (χ3v) is 35.7. The number of benzene rings is 3. The Kier molecular flexibility index (Phi) is 14.8. The molecule has 0 fully saturated rings. The highest BCUT2D eigenvalue weighted by Gasteiger charge is 2.60. The van der Waals surface area contributed by atoms with Crippen molar-refractivity contribution < 1.29 is 0 Å². The van der Waals surface area contributed by atoms with E-state index < -0.39 is 50.5 Å². The molecule has 0 spiro atoms. The molecule has 0 atom stereocenters. The van der Waals surface area contributed by atoms with Crippen LogP contribution < -0.4 is 0 Å². The van der Waals surface area contributed by atoms with E-state index in [1.54, 1.807) is 0 Å². The molecule has 3 aromatic rings. The van der Waals surface area contributed by atoms with E-state index in [4.69, 9.17) is 0 Å². The van der Waals surface area contributed by atoms with Gasteiger partial charge in [0, 0.05) is 0 Å². The van der Waals surface area contributed by atoms with Crippen LogP contribution in [0.1, 0.15) is 141 Å². The second kappa shape index (κ2) is 17.0. The molecule has 3 rings (SSSR count). The molecule has 4 heteroatoms. The number of hydrogen-bond acceptors (Lipinski definition) is 0. The van der Waals surface area contributed by atoms with Gasteiger partial charge in [-0.05, 0) is 16.7 Å². The summed E-state index contributed by atoms with van der Waals surface area (Å²) < 4.78 is 6.58.